The van der Waals surface area contributed by atoms with Crippen molar-refractivity contribution in [2.24, 2.45) is 5.41 Å². The van der Waals surface area contributed by atoms with Crippen molar-refractivity contribution in [1.29, 1.82) is 0 Å². The first-order chi connectivity index (χ1) is 10.6. The largest absolute Gasteiger partial charge is 0.369 e. The average Bonchev–Trinajstić information content (AvgIpc) is 2.94. The first-order valence-corrected chi connectivity index (χ1v) is 7.98. The van der Waals surface area contributed by atoms with E-state index in [4.69, 9.17) is 0 Å². The van der Waals surface area contributed by atoms with Gasteiger partial charge in [-0.3, -0.25) is 15.0 Å². The van der Waals surface area contributed by atoms with E-state index in [-0.39, 0.29) is 23.0 Å². The minimum Gasteiger partial charge on any atom is -0.369 e. The van der Waals surface area contributed by atoms with Gasteiger partial charge in [-0.2, -0.15) is 0 Å². The van der Waals surface area contributed by atoms with Crippen LogP contribution in [0.15, 0.2) is 24.3 Å². The Morgan fingerprint density at radius 1 is 1.30 bits per heavy atom. The molecule has 1 aromatic rings. The Morgan fingerprint density at radius 2 is 2.04 bits per heavy atom. The lowest BCUT2D eigenvalue weighted by molar-refractivity contribution is -0.384. The third-order valence-electron chi connectivity index (χ3n) is 4.84. The van der Waals surface area contributed by atoms with Gasteiger partial charge in [0.05, 0.1) is 4.92 Å². The van der Waals surface area contributed by atoms with Crippen LogP contribution in [0.3, 0.4) is 0 Å². The van der Waals surface area contributed by atoms with Gasteiger partial charge in [-0.15, -0.1) is 12.4 Å². The van der Waals surface area contributed by atoms with E-state index in [1.807, 2.05) is 6.07 Å². The minimum absolute atomic E-state index is 0. The van der Waals surface area contributed by atoms with Gasteiger partial charge < -0.3 is 10.2 Å². The summed E-state index contributed by atoms with van der Waals surface area (Å²) in [6.07, 6.45) is 1.25. The lowest BCUT2D eigenvalue weighted by Gasteiger charge is -2.39. The second-order valence-electron chi connectivity index (χ2n) is 6.78. The van der Waals surface area contributed by atoms with Crippen LogP contribution in [0.5, 0.6) is 0 Å². The van der Waals surface area contributed by atoms with Crippen molar-refractivity contribution in [3.8, 4) is 0 Å². The highest BCUT2D eigenvalue weighted by Gasteiger charge is 2.31. The number of nitrogens with zero attached hydrogens (tertiary/aromatic N) is 3. The SMILES string of the molecule is CC1(CN2CCN(c3cccc([N+](=O)[O-])c3)CC2)CCNC1.Cl. The number of nitro groups is 1. The predicted molar refractivity (Wildman–Crippen MR) is 94.6 cm³/mol. The quantitative estimate of drug-likeness (QED) is 0.672. The Morgan fingerprint density at radius 3 is 2.65 bits per heavy atom. The van der Waals surface area contributed by atoms with Gasteiger partial charge in [0.1, 0.15) is 0 Å². The van der Waals surface area contributed by atoms with Gasteiger partial charge in [0, 0.05) is 57.1 Å². The van der Waals surface area contributed by atoms with Crippen molar-refractivity contribution in [1.82, 2.24) is 10.2 Å². The van der Waals surface area contributed by atoms with Crippen molar-refractivity contribution < 1.29 is 4.92 Å². The summed E-state index contributed by atoms with van der Waals surface area (Å²) in [6, 6.07) is 6.96. The standard InChI is InChI=1S/C16H24N4O2.ClH/c1-16(5-6-17-12-16)13-18-7-9-19(10-8-18)14-3-2-4-15(11-14)20(21)22;/h2-4,11,17H,5-10,12-13H2,1H3;1H. The molecular weight excluding hydrogens is 316 g/mol. The van der Waals surface area contributed by atoms with E-state index >= 15 is 0 Å². The molecule has 2 fully saturated rings. The van der Waals surface area contributed by atoms with Crippen LogP contribution < -0.4 is 10.2 Å². The number of benzene rings is 1. The number of halogens is 1. The smallest absolute Gasteiger partial charge is 0.271 e. The summed E-state index contributed by atoms with van der Waals surface area (Å²) in [7, 11) is 0. The Balaban J connectivity index is 0.00000192. The number of anilines is 1. The zero-order valence-corrected chi connectivity index (χ0v) is 14.3. The molecule has 0 spiro atoms. The molecule has 1 aromatic carbocycles. The molecule has 0 aromatic heterocycles. The molecule has 0 saturated carbocycles. The second-order valence-corrected chi connectivity index (χ2v) is 6.78. The molecule has 6 nitrogen and oxygen atoms in total. The van der Waals surface area contributed by atoms with Gasteiger partial charge in [0.25, 0.3) is 5.69 Å². The summed E-state index contributed by atoms with van der Waals surface area (Å²) in [6.45, 7) is 9.66. The Hall–Kier alpha value is -1.37. The fourth-order valence-electron chi connectivity index (χ4n) is 3.51. The van der Waals surface area contributed by atoms with Gasteiger partial charge in [-0.05, 0) is 24.4 Å². The molecule has 0 radical (unpaired) electrons. The summed E-state index contributed by atoms with van der Waals surface area (Å²) >= 11 is 0. The van der Waals surface area contributed by atoms with Gasteiger partial charge in [0.15, 0.2) is 0 Å². The van der Waals surface area contributed by atoms with E-state index in [1.54, 1.807) is 18.2 Å². The molecule has 128 valence electrons. The number of rotatable bonds is 4. The third kappa shape index (κ3) is 4.34. The van der Waals surface area contributed by atoms with Crippen molar-refractivity contribution in [2.45, 2.75) is 13.3 Å². The first-order valence-electron chi connectivity index (χ1n) is 7.98. The minimum atomic E-state index is -0.326. The number of non-ortho nitro benzene ring substituents is 1. The van der Waals surface area contributed by atoms with Gasteiger partial charge >= 0.3 is 0 Å². The van der Waals surface area contributed by atoms with Crippen LogP contribution in [0.2, 0.25) is 0 Å². The molecule has 2 heterocycles. The summed E-state index contributed by atoms with van der Waals surface area (Å²) in [5.74, 6) is 0. The predicted octanol–water partition coefficient (Wildman–Crippen LogP) is 2.14. The van der Waals surface area contributed by atoms with Crippen LogP contribution in [0.1, 0.15) is 13.3 Å². The molecule has 7 heteroatoms. The fourth-order valence-corrected chi connectivity index (χ4v) is 3.51. The number of nitro benzene ring substituents is 1. The zero-order chi connectivity index (χ0) is 15.6. The van der Waals surface area contributed by atoms with E-state index in [9.17, 15) is 10.1 Å². The highest BCUT2D eigenvalue weighted by atomic mass is 35.5. The van der Waals surface area contributed by atoms with Gasteiger partial charge in [-0.25, -0.2) is 0 Å². The first kappa shape index (κ1) is 18.0. The molecule has 2 aliphatic heterocycles. The molecule has 1 atom stereocenters. The molecular formula is C16H25ClN4O2. The van der Waals surface area contributed by atoms with E-state index in [2.05, 4.69) is 22.0 Å². The molecule has 1 unspecified atom stereocenters. The third-order valence-corrected chi connectivity index (χ3v) is 4.84. The summed E-state index contributed by atoms with van der Waals surface area (Å²) in [5, 5.41) is 14.3. The maximum Gasteiger partial charge on any atom is 0.271 e. The molecule has 0 aliphatic carbocycles. The monoisotopic (exact) mass is 340 g/mol. The fraction of sp³-hybridized carbons (Fsp3) is 0.625. The maximum atomic E-state index is 10.9. The second kappa shape index (κ2) is 7.47. The lowest BCUT2D eigenvalue weighted by atomic mass is 9.89. The molecule has 23 heavy (non-hydrogen) atoms. The zero-order valence-electron chi connectivity index (χ0n) is 13.5. The van der Waals surface area contributed by atoms with Crippen molar-refractivity contribution in [2.75, 3.05) is 50.7 Å². The van der Waals surface area contributed by atoms with Crippen LogP contribution in [-0.4, -0.2) is 55.6 Å². The van der Waals surface area contributed by atoms with Crippen molar-refractivity contribution in [3.05, 3.63) is 34.4 Å². The van der Waals surface area contributed by atoms with Crippen LogP contribution >= 0.6 is 12.4 Å². The number of hydrogen-bond acceptors (Lipinski definition) is 5. The summed E-state index contributed by atoms with van der Waals surface area (Å²) in [4.78, 5) is 15.3. The van der Waals surface area contributed by atoms with Gasteiger partial charge in [-0.1, -0.05) is 13.0 Å². The maximum absolute atomic E-state index is 10.9. The van der Waals surface area contributed by atoms with Crippen LogP contribution in [0.4, 0.5) is 11.4 Å². The van der Waals surface area contributed by atoms with Gasteiger partial charge in [0.2, 0.25) is 0 Å². The molecule has 2 aliphatic rings. The molecule has 3 rings (SSSR count). The van der Waals surface area contributed by atoms with Crippen molar-refractivity contribution in [3.63, 3.8) is 0 Å². The number of nitrogens with one attached hydrogen (secondary N) is 1. The van der Waals surface area contributed by atoms with E-state index in [0.29, 0.717) is 5.41 Å². The van der Waals surface area contributed by atoms with E-state index < -0.39 is 0 Å². The van der Waals surface area contributed by atoms with Crippen LogP contribution in [0, 0.1) is 15.5 Å². The van der Waals surface area contributed by atoms with E-state index in [0.717, 1.165) is 51.5 Å². The summed E-state index contributed by atoms with van der Waals surface area (Å²) in [5.41, 5.74) is 1.53. The highest BCUT2D eigenvalue weighted by Crippen LogP contribution is 2.27. The van der Waals surface area contributed by atoms with Crippen molar-refractivity contribution >= 4 is 23.8 Å². The normalized spacial score (nSPS) is 25.2. The van der Waals surface area contributed by atoms with Crippen LogP contribution in [0.25, 0.3) is 0 Å². The van der Waals surface area contributed by atoms with E-state index in [1.165, 1.54) is 6.42 Å². The van der Waals surface area contributed by atoms with Crippen LogP contribution in [-0.2, 0) is 0 Å². The Labute approximate surface area is 143 Å². The molecule has 1 N–H and O–H groups in total. The molecule has 2 saturated heterocycles. The molecule has 0 amide bonds. The number of piperazine rings is 1. The summed E-state index contributed by atoms with van der Waals surface area (Å²) < 4.78 is 0. The Kier molecular flexibility index (Phi) is 5.84. The lowest BCUT2D eigenvalue weighted by Crippen LogP contribution is -2.49. The number of hydrogen-bond donors (Lipinski definition) is 1. The highest BCUT2D eigenvalue weighted by molar-refractivity contribution is 5.85. The average molecular weight is 341 g/mol. The molecule has 0 bridgehead atoms. The topological polar surface area (TPSA) is 61.7 Å². The Bertz CT molecular complexity index is 541.